The Hall–Kier alpha value is -4.63. The van der Waals surface area contributed by atoms with E-state index in [9.17, 15) is 19.6 Å². The Kier molecular flexibility index (Phi) is 8.86. The number of amides is 3. The molecule has 0 radical (unpaired) electrons. The summed E-state index contributed by atoms with van der Waals surface area (Å²) >= 11 is 0. The van der Waals surface area contributed by atoms with E-state index >= 15 is 0 Å². The van der Waals surface area contributed by atoms with Crippen LogP contribution in [0.5, 0.6) is 0 Å². The summed E-state index contributed by atoms with van der Waals surface area (Å²) in [5.41, 5.74) is 3.19. The normalized spacial score (nSPS) is 21.3. The van der Waals surface area contributed by atoms with E-state index in [0.29, 0.717) is 42.1 Å². The van der Waals surface area contributed by atoms with Crippen LogP contribution in [0.1, 0.15) is 117 Å². The summed E-state index contributed by atoms with van der Waals surface area (Å²) in [5.74, 6) is 0.514. The van der Waals surface area contributed by atoms with Crippen LogP contribution in [0.4, 0.5) is 0 Å². The molecule has 2 fully saturated rings. The molecule has 49 heavy (non-hydrogen) atoms. The molecule has 6 rings (SSSR count). The summed E-state index contributed by atoms with van der Waals surface area (Å²) in [6.45, 7) is 13.8. The van der Waals surface area contributed by atoms with Gasteiger partial charge in [0.25, 0.3) is 11.8 Å². The highest BCUT2D eigenvalue weighted by Crippen LogP contribution is 2.48. The minimum atomic E-state index is -0.938. The SMILES string of the molecule is C[C@@H](CC1(c2nn[nH]n2)c2ccc(C(=O)NC(C)(C)C)cc2CCc2cc(C(=O)NC(C)(C)C)ccc21)NCC(=O)N1[C@H](C#N)C[C@@H]2C[C@@H]21. The van der Waals surface area contributed by atoms with Gasteiger partial charge >= 0.3 is 0 Å². The van der Waals surface area contributed by atoms with E-state index in [4.69, 9.17) is 0 Å². The van der Waals surface area contributed by atoms with Gasteiger partial charge in [0.05, 0.1) is 18.0 Å². The molecule has 2 aliphatic carbocycles. The van der Waals surface area contributed by atoms with Crippen molar-refractivity contribution < 1.29 is 14.4 Å². The number of aromatic amines is 1. The number of nitrogens with one attached hydrogen (secondary N) is 4. The topological polar surface area (TPSA) is 169 Å². The maximum atomic E-state index is 13.4. The lowest BCUT2D eigenvalue weighted by Gasteiger charge is -2.36. The van der Waals surface area contributed by atoms with Crippen LogP contribution in [0.2, 0.25) is 0 Å². The molecule has 2 aromatic carbocycles. The van der Waals surface area contributed by atoms with Gasteiger partial charge in [-0.25, -0.2) is 0 Å². The number of aromatic nitrogens is 4. The largest absolute Gasteiger partial charge is 0.347 e. The van der Waals surface area contributed by atoms with E-state index in [1.165, 1.54) is 0 Å². The molecular weight excluding hydrogens is 618 g/mol. The van der Waals surface area contributed by atoms with Gasteiger partial charge in [-0.05, 0) is 133 Å². The van der Waals surface area contributed by atoms with Gasteiger partial charge in [0.1, 0.15) is 6.04 Å². The first-order valence-electron chi connectivity index (χ1n) is 17.2. The maximum Gasteiger partial charge on any atom is 0.251 e. The Labute approximate surface area is 287 Å². The summed E-state index contributed by atoms with van der Waals surface area (Å²) in [4.78, 5) is 41.8. The average molecular weight is 666 g/mol. The summed E-state index contributed by atoms with van der Waals surface area (Å²) < 4.78 is 0. The molecule has 258 valence electrons. The van der Waals surface area contributed by atoms with Gasteiger partial charge in [0.15, 0.2) is 5.82 Å². The quantitative estimate of drug-likeness (QED) is 0.283. The number of hydrogen-bond acceptors (Lipinski definition) is 8. The van der Waals surface area contributed by atoms with Crippen molar-refractivity contribution in [2.45, 2.75) is 115 Å². The van der Waals surface area contributed by atoms with Gasteiger partial charge < -0.3 is 20.9 Å². The third kappa shape index (κ3) is 6.95. The predicted molar refractivity (Wildman–Crippen MR) is 184 cm³/mol. The molecule has 0 spiro atoms. The number of fused-ring (bicyclic) bond motifs is 3. The minimum absolute atomic E-state index is 0.0670. The fourth-order valence-corrected chi connectivity index (χ4v) is 7.67. The zero-order valence-electron chi connectivity index (χ0n) is 29.5. The van der Waals surface area contributed by atoms with Gasteiger partial charge in [0.2, 0.25) is 5.91 Å². The lowest BCUT2D eigenvalue weighted by atomic mass is 9.67. The number of piperidine rings is 1. The van der Waals surface area contributed by atoms with Gasteiger partial charge in [-0.15, -0.1) is 10.2 Å². The minimum Gasteiger partial charge on any atom is -0.347 e. The number of carbonyl (C=O) groups is 3. The number of tetrazole rings is 1. The van der Waals surface area contributed by atoms with Crippen LogP contribution in [-0.2, 0) is 23.1 Å². The number of H-pyrrole nitrogens is 1. The standard InChI is InChI=1S/C37H47N9O3/c1-21(39-20-31(47)46-27(19-38)16-26-17-30(26)46)18-37(34-42-44-45-43-34)28-12-10-24(32(48)40-35(2,3)4)14-22(28)8-9-23-15-25(11-13-29(23)37)33(49)41-36(5,6)7/h10-15,21,26-27,30,39H,8-9,16-18,20H2,1-7H3,(H,40,48)(H,41,49)(H,42,43,44,45)/t21-,26+,27-,30-/m0/s1. The van der Waals surface area contributed by atoms with Crippen molar-refractivity contribution in [2.75, 3.05) is 6.54 Å². The average Bonchev–Trinajstić information content (AvgIpc) is 3.41. The zero-order chi connectivity index (χ0) is 35.3. The van der Waals surface area contributed by atoms with E-state index < -0.39 is 16.5 Å². The first-order valence-corrected chi connectivity index (χ1v) is 17.2. The molecule has 3 amide bonds. The highest BCUT2D eigenvalue weighted by atomic mass is 16.2. The van der Waals surface area contributed by atoms with Crippen LogP contribution in [0, 0.1) is 17.2 Å². The van der Waals surface area contributed by atoms with Crippen molar-refractivity contribution in [2.24, 2.45) is 5.92 Å². The van der Waals surface area contributed by atoms with E-state index in [1.54, 1.807) is 4.90 Å². The Morgan fingerprint density at radius 2 is 1.53 bits per heavy atom. The number of aryl methyl sites for hydroxylation is 2. The summed E-state index contributed by atoms with van der Waals surface area (Å²) in [7, 11) is 0. The van der Waals surface area contributed by atoms with Crippen LogP contribution in [0.25, 0.3) is 0 Å². The number of likely N-dealkylation sites (tertiary alicyclic amines) is 1. The fraction of sp³-hybridized carbons (Fsp3) is 0.541. The van der Waals surface area contributed by atoms with Crippen LogP contribution >= 0.6 is 0 Å². The molecule has 1 aliphatic heterocycles. The Balaban J connectivity index is 1.41. The van der Waals surface area contributed by atoms with Crippen LogP contribution in [0.3, 0.4) is 0 Å². The van der Waals surface area contributed by atoms with E-state index in [1.807, 2.05) is 84.9 Å². The number of benzene rings is 2. The predicted octanol–water partition coefficient (Wildman–Crippen LogP) is 3.57. The molecule has 1 saturated carbocycles. The molecule has 0 unspecified atom stereocenters. The Bertz CT molecular complexity index is 1720. The first kappa shape index (κ1) is 34.2. The second-order valence-corrected chi connectivity index (χ2v) is 16.0. The van der Waals surface area contributed by atoms with Crippen LogP contribution in [0.15, 0.2) is 36.4 Å². The molecular formula is C37H47N9O3. The number of nitrogens with zero attached hydrogens (tertiary/aromatic N) is 5. The second-order valence-electron chi connectivity index (χ2n) is 16.0. The molecule has 3 aromatic rings. The van der Waals surface area contributed by atoms with E-state index in [0.717, 1.165) is 35.1 Å². The zero-order valence-corrected chi connectivity index (χ0v) is 29.5. The summed E-state index contributed by atoms with van der Waals surface area (Å²) in [6, 6.07) is 13.5. The Morgan fingerprint density at radius 3 is 2.02 bits per heavy atom. The second kappa shape index (κ2) is 12.7. The van der Waals surface area contributed by atoms with E-state index in [2.05, 4.69) is 42.6 Å². The highest BCUT2D eigenvalue weighted by Gasteiger charge is 2.54. The van der Waals surface area contributed by atoms with Crippen molar-refractivity contribution in [1.29, 1.82) is 5.26 Å². The molecule has 4 atom stereocenters. The monoisotopic (exact) mass is 665 g/mol. The molecule has 12 nitrogen and oxygen atoms in total. The molecule has 1 aromatic heterocycles. The highest BCUT2D eigenvalue weighted by molar-refractivity contribution is 5.96. The van der Waals surface area contributed by atoms with Gasteiger partial charge in [-0.3, -0.25) is 14.4 Å². The van der Waals surface area contributed by atoms with Crippen molar-refractivity contribution in [3.8, 4) is 6.07 Å². The third-order valence-electron chi connectivity index (χ3n) is 9.78. The van der Waals surface area contributed by atoms with Crippen LogP contribution < -0.4 is 16.0 Å². The summed E-state index contributed by atoms with van der Waals surface area (Å²) in [6.07, 6.45) is 3.42. The molecule has 0 bridgehead atoms. The van der Waals surface area contributed by atoms with E-state index in [-0.39, 0.29) is 42.4 Å². The Morgan fingerprint density at radius 1 is 0.959 bits per heavy atom. The smallest absolute Gasteiger partial charge is 0.251 e. The first-order chi connectivity index (χ1) is 23.1. The number of rotatable bonds is 8. The van der Waals surface area contributed by atoms with Gasteiger partial charge in [-0.2, -0.15) is 10.5 Å². The lowest BCUT2D eigenvalue weighted by molar-refractivity contribution is -0.131. The molecule has 1 saturated heterocycles. The van der Waals surface area contributed by atoms with Crippen molar-refractivity contribution in [3.05, 3.63) is 75.6 Å². The molecule has 4 N–H and O–H groups in total. The number of hydrogen-bond donors (Lipinski definition) is 4. The molecule has 2 heterocycles. The third-order valence-corrected chi connectivity index (χ3v) is 9.78. The van der Waals surface area contributed by atoms with Gasteiger partial charge in [-0.1, -0.05) is 17.3 Å². The van der Waals surface area contributed by atoms with Crippen molar-refractivity contribution >= 4 is 17.7 Å². The number of nitriles is 1. The van der Waals surface area contributed by atoms with Crippen molar-refractivity contribution in [1.82, 2.24) is 41.5 Å². The summed E-state index contributed by atoms with van der Waals surface area (Å²) in [5, 5.41) is 35.0. The molecule has 12 heteroatoms. The number of carbonyl (C=O) groups excluding carboxylic acids is 3. The fourth-order valence-electron chi connectivity index (χ4n) is 7.67. The lowest BCUT2D eigenvalue weighted by Crippen LogP contribution is -2.46. The van der Waals surface area contributed by atoms with Crippen molar-refractivity contribution in [3.63, 3.8) is 0 Å². The maximum absolute atomic E-state index is 13.4. The molecule has 3 aliphatic rings. The van der Waals surface area contributed by atoms with Gasteiger partial charge in [0, 0.05) is 34.3 Å². The van der Waals surface area contributed by atoms with Crippen LogP contribution in [-0.4, -0.2) is 79.0 Å².